The Hall–Kier alpha value is -0.960. The molecule has 3 heteroatoms. The predicted molar refractivity (Wildman–Crippen MR) is 44.8 cm³/mol. The zero-order chi connectivity index (χ0) is 8.72. The van der Waals surface area contributed by atoms with Crippen LogP contribution >= 0.6 is 0 Å². The van der Waals surface area contributed by atoms with Gasteiger partial charge in [0.15, 0.2) is 0 Å². The summed E-state index contributed by atoms with van der Waals surface area (Å²) in [6, 6.07) is 0. The maximum atomic E-state index is 9.59. The van der Waals surface area contributed by atoms with Gasteiger partial charge in [-0.15, -0.1) is 0 Å². The maximum Gasteiger partial charge on any atom is 0.116 e. The quantitative estimate of drug-likeness (QED) is 0.629. The SMILES string of the molecule is Cc1ncnc2c1[C@H](C)C[C@@H]2O. The van der Waals surface area contributed by atoms with Crippen molar-refractivity contribution < 1.29 is 5.11 Å². The van der Waals surface area contributed by atoms with Gasteiger partial charge in [-0.25, -0.2) is 9.97 Å². The Labute approximate surface area is 71.5 Å². The van der Waals surface area contributed by atoms with Gasteiger partial charge in [0.25, 0.3) is 0 Å². The molecular weight excluding hydrogens is 152 g/mol. The second kappa shape index (κ2) is 2.52. The first-order valence-electron chi connectivity index (χ1n) is 4.19. The van der Waals surface area contributed by atoms with Crippen LogP contribution in [-0.2, 0) is 0 Å². The molecule has 0 aliphatic heterocycles. The summed E-state index contributed by atoms with van der Waals surface area (Å²) in [5.74, 6) is 0.399. The highest BCUT2D eigenvalue weighted by atomic mass is 16.3. The van der Waals surface area contributed by atoms with Crippen molar-refractivity contribution in [3.8, 4) is 0 Å². The molecule has 0 aromatic carbocycles. The van der Waals surface area contributed by atoms with Crippen LogP contribution in [0.5, 0.6) is 0 Å². The Morgan fingerprint density at radius 1 is 1.50 bits per heavy atom. The van der Waals surface area contributed by atoms with Crippen LogP contribution in [0.15, 0.2) is 6.33 Å². The van der Waals surface area contributed by atoms with Gasteiger partial charge in [-0.05, 0) is 19.3 Å². The molecule has 0 radical (unpaired) electrons. The number of rotatable bonds is 0. The summed E-state index contributed by atoms with van der Waals surface area (Å²) in [4.78, 5) is 8.20. The summed E-state index contributed by atoms with van der Waals surface area (Å²) in [5, 5.41) is 9.59. The van der Waals surface area contributed by atoms with Crippen molar-refractivity contribution in [3.05, 3.63) is 23.3 Å². The number of aliphatic hydroxyl groups excluding tert-OH is 1. The smallest absolute Gasteiger partial charge is 0.116 e. The second-order valence-corrected chi connectivity index (χ2v) is 3.41. The highest BCUT2D eigenvalue weighted by Gasteiger charge is 2.29. The zero-order valence-electron chi connectivity index (χ0n) is 7.28. The summed E-state index contributed by atoms with van der Waals surface area (Å²) in [7, 11) is 0. The highest BCUT2D eigenvalue weighted by molar-refractivity contribution is 5.33. The molecule has 1 aromatic heterocycles. The molecule has 12 heavy (non-hydrogen) atoms. The molecule has 2 rings (SSSR count). The van der Waals surface area contributed by atoms with Crippen molar-refractivity contribution in [2.45, 2.75) is 32.3 Å². The maximum absolute atomic E-state index is 9.59. The molecule has 2 atom stereocenters. The van der Waals surface area contributed by atoms with E-state index in [1.807, 2.05) is 6.92 Å². The van der Waals surface area contributed by atoms with Crippen LogP contribution in [0, 0.1) is 6.92 Å². The predicted octanol–water partition coefficient (Wildman–Crippen LogP) is 1.33. The molecule has 1 N–H and O–H groups in total. The van der Waals surface area contributed by atoms with Gasteiger partial charge in [-0.2, -0.15) is 0 Å². The number of hydrogen-bond donors (Lipinski definition) is 1. The van der Waals surface area contributed by atoms with Gasteiger partial charge in [0.2, 0.25) is 0 Å². The van der Waals surface area contributed by atoms with Crippen molar-refractivity contribution in [2.24, 2.45) is 0 Å². The zero-order valence-corrected chi connectivity index (χ0v) is 7.28. The van der Waals surface area contributed by atoms with Crippen LogP contribution in [0.3, 0.4) is 0 Å². The van der Waals surface area contributed by atoms with Crippen molar-refractivity contribution >= 4 is 0 Å². The van der Waals surface area contributed by atoms with E-state index in [2.05, 4.69) is 16.9 Å². The van der Waals surface area contributed by atoms with Crippen LogP contribution in [0.25, 0.3) is 0 Å². The van der Waals surface area contributed by atoms with Crippen LogP contribution in [0.4, 0.5) is 0 Å². The number of fused-ring (bicyclic) bond motifs is 1. The van der Waals surface area contributed by atoms with E-state index in [1.165, 1.54) is 6.33 Å². The minimum atomic E-state index is -0.378. The van der Waals surface area contributed by atoms with Gasteiger partial charge >= 0.3 is 0 Å². The molecule has 1 aromatic rings. The molecule has 1 heterocycles. The van der Waals surface area contributed by atoms with E-state index in [0.29, 0.717) is 5.92 Å². The average molecular weight is 164 g/mol. The van der Waals surface area contributed by atoms with E-state index in [1.54, 1.807) is 0 Å². The molecule has 0 spiro atoms. The summed E-state index contributed by atoms with van der Waals surface area (Å²) in [6.45, 7) is 4.07. The first-order chi connectivity index (χ1) is 5.70. The van der Waals surface area contributed by atoms with Gasteiger partial charge in [-0.3, -0.25) is 0 Å². The molecule has 1 aliphatic rings. The fourth-order valence-electron chi connectivity index (χ4n) is 1.94. The third-order valence-electron chi connectivity index (χ3n) is 2.50. The summed E-state index contributed by atoms with van der Waals surface area (Å²) >= 11 is 0. The standard InChI is InChI=1S/C9H12N2O/c1-5-3-7(12)9-8(5)6(2)10-4-11-9/h4-5,7,12H,3H2,1-2H3/t5-,7+/m1/s1. The molecule has 0 saturated carbocycles. The molecule has 0 amide bonds. The normalized spacial score (nSPS) is 27.2. The molecule has 0 bridgehead atoms. The van der Waals surface area contributed by atoms with Gasteiger partial charge in [0, 0.05) is 11.3 Å². The van der Waals surface area contributed by atoms with Gasteiger partial charge < -0.3 is 5.11 Å². The summed E-state index contributed by atoms with van der Waals surface area (Å²) in [6.07, 6.45) is 1.93. The lowest BCUT2D eigenvalue weighted by atomic mass is 10.0. The average Bonchev–Trinajstić information content (AvgIpc) is 2.29. The van der Waals surface area contributed by atoms with Gasteiger partial charge in [0.1, 0.15) is 6.33 Å². The monoisotopic (exact) mass is 164 g/mol. The molecule has 0 fully saturated rings. The van der Waals surface area contributed by atoms with Gasteiger partial charge in [0.05, 0.1) is 11.8 Å². The van der Waals surface area contributed by atoms with Crippen LogP contribution in [-0.4, -0.2) is 15.1 Å². The Balaban J connectivity index is 2.59. The Morgan fingerprint density at radius 2 is 2.25 bits per heavy atom. The van der Waals surface area contributed by atoms with Crippen LogP contribution in [0.1, 0.15) is 42.3 Å². The largest absolute Gasteiger partial charge is 0.387 e. The lowest BCUT2D eigenvalue weighted by Gasteiger charge is -2.04. The molecule has 0 unspecified atom stereocenters. The van der Waals surface area contributed by atoms with Crippen LogP contribution < -0.4 is 0 Å². The number of nitrogens with zero attached hydrogens (tertiary/aromatic N) is 2. The van der Waals surface area contributed by atoms with E-state index >= 15 is 0 Å². The molecule has 64 valence electrons. The molecule has 3 nitrogen and oxygen atoms in total. The lowest BCUT2D eigenvalue weighted by Crippen LogP contribution is -1.98. The first kappa shape index (κ1) is 7.68. The summed E-state index contributed by atoms with van der Waals surface area (Å²) in [5.41, 5.74) is 2.98. The number of aryl methyl sites for hydroxylation is 1. The molecular formula is C9H12N2O. The van der Waals surface area contributed by atoms with Crippen molar-refractivity contribution in [2.75, 3.05) is 0 Å². The fourth-order valence-corrected chi connectivity index (χ4v) is 1.94. The van der Waals surface area contributed by atoms with E-state index in [-0.39, 0.29) is 6.10 Å². The van der Waals surface area contributed by atoms with Gasteiger partial charge in [-0.1, -0.05) is 6.92 Å². The van der Waals surface area contributed by atoms with E-state index in [9.17, 15) is 5.11 Å². The molecule has 1 aliphatic carbocycles. The third-order valence-corrected chi connectivity index (χ3v) is 2.50. The Morgan fingerprint density at radius 3 is 2.92 bits per heavy atom. The lowest BCUT2D eigenvalue weighted by molar-refractivity contribution is 0.170. The third kappa shape index (κ3) is 0.932. The topological polar surface area (TPSA) is 46.0 Å². The number of aromatic nitrogens is 2. The summed E-state index contributed by atoms with van der Waals surface area (Å²) < 4.78 is 0. The first-order valence-corrected chi connectivity index (χ1v) is 4.19. The van der Waals surface area contributed by atoms with Crippen molar-refractivity contribution in [1.29, 1.82) is 0 Å². The van der Waals surface area contributed by atoms with E-state index < -0.39 is 0 Å². The fraction of sp³-hybridized carbons (Fsp3) is 0.556. The number of aliphatic hydroxyl groups is 1. The van der Waals surface area contributed by atoms with E-state index in [0.717, 1.165) is 23.4 Å². The Kier molecular flexibility index (Phi) is 1.61. The van der Waals surface area contributed by atoms with Crippen LogP contribution in [0.2, 0.25) is 0 Å². The van der Waals surface area contributed by atoms with Crippen molar-refractivity contribution in [3.63, 3.8) is 0 Å². The highest BCUT2D eigenvalue weighted by Crippen LogP contribution is 2.39. The second-order valence-electron chi connectivity index (χ2n) is 3.41. The van der Waals surface area contributed by atoms with Crippen molar-refractivity contribution in [1.82, 2.24) is 9.97 Å². The molecule has 0 saturated heterocycles. The minimum absolute atomic E-state index is 0.378. The number of hydrogen-bond acceptors (Lipinski definition) is 3. The minimum Gasteiger partial charge on any atom is -0.387 e. The van der Waals surface area contributed by atoms with E-state index in [4.69, 9.17) is 0 Å². The Bertz CT molecular complexity index is 311.